The zero-order chi connectivity index (χ0) is 22.5. The number of hydrogen-bond acceptors (Lipinski definition) is 3. The molecule has 0 amide bonds. The van der Waals surface area contributed by atoms with Gasteiger partial charge in [-0.3, -0.25) is 4.57 Å². The minimum Gasteiger partial charge on any atom is -0.309 e. The highest BCUT2D eigenvalue weighted by molar-refractivity contribution is 7.53. The average molecular weight is 447 g/mol. The lowest BCUT2D eigenvalue weighted by Gasteiger charge is -2.19. The fraction of sp³-hybridized carbons (Fsp3) is 1.00. The second-order valence-electron chi connectivity index (χ2n) is 9.96. The van der Waals surface area contributed by atoms with Crippen molar-refractivity contribution in [3.8, 4) is 0 Å². The molecule has 0 rings (SSSR count). The maximum atomic E-state index is 13.2. The summed E-state index contributed by atoms with van der Waals surface area (Å²) in [5.74, 6) is 1.52. The number of hydrogen-bond donors (Lipinski definition) is 0. The van der Waals surface area contributed by atoms with Gasteiger partial charge in [0.1, 0.15) is 0 Å². The summed E-state index contributed by atoms with van der Waals surface area (Å²) in [5, 5.41) is 0. The molecule has 0 saturated heterocycles. The molecule has 0 atom stereocenters. The highest BCUT2D eigenvalue weighted by atomic mass is 31.2. The topological polar surface area (TPSA) is 35.5 Å². The minimum absolute atomic E-state index is 0.583. The maximum absolute atomic E-state index is 13.2. The summed E-state index contributed by atoms with van der Waals surface area (Å²) in [6.45, 7) is 12.5. The highest BCUT2D eigenvalue weighted by Crippen LogP contribution is 2.49. The van der Waals surface area contributed by atoms with Gasteiger partial charge in [-0.2, -0.15) is 0 Å². The zero-order valence-electron chi connectivity index (χ0n) is 21.3. The molecule has 0 aromatic rings. The Morgan fingerprint density at radius 3 is 1.40 bits per heavy atom. The molecular formula is C26H55O3P. The second-order valence-corrected chi connectivity index (χ2v) is 12.1. The normalized spacial score (nSPS) is 12.4. The Morgan fingerprint density at radius 1 is 0.567 bits per heavy atom. The molecule has 30 heavy (non-hydrogen) atoms. The van der Waals surface area contributed by atoms with Gasteiger partial charge in [0, 0.05) is 0 Å². The van der Waals surface area contributed by atoms with Crippen molar-refractivity contribution in [2.75, 3.05) is 19.4 Å². The number of rotatable bonds is 23. The Hall–Kier alpha value is 0.150. The molecule has 0 aliphatic carbocycles. The standard InChI is InChI=1S/C26H55O3P/c1-6-7-8-9-10-11-12-19-24-30(27,28-22-17-13-15-20-25(2)3)29-23-18-14-16-21-26(4)5/h25-26H,6-24H2,1-5H3. The van der Waals surface area contributed by atoms with E-state index >= 15 is 0 Å². The largest absolute Gasteiger partial charge is 0.330 e. The van der Waals surface area contributed by atoms with Gasteiger partial charge >= 0.3 is 7.60 Å². The van der Waals surface area contributed by atoms with E-state index < -0.39 is 7.60 Å². The Morgan fingerprint density at radius 2 is 0.967 bits per heavy atom. The van der Waals surface area contributed by atoms with Crippen molar-refractivity contribution >= 4 is 7.60 Å². The van der Waals surface area contributed by atoms with Gasteiger partial charge in [-0.1, -0.05) is 118 Å². The van der Waals surface area contributed by atoms with Crippen LogP contribution in [0.4, 0.5) is 0 Å². The number of unbranched alkanes of at least 4 members (excludes halogenated alkanes) is 11. The predicted octanol–water partition coefficient (Wildman–Crippen LogP) is 9.79. The van der Waals surface area contributed by atoms with E-state index in [1.807, 2.05) is 0 Å². The van der Waals surface area contributed by atoms with Gasteiger partial charge in [0.05, 0.1) is 19.4 Å². The third-order valence-electron chi connectivity index (χ3n) is 5.71. The van der Waals surface area contributed by atoms with Crippen molar-refractivity contribution in [2.24, 2.45) is 11.8 Å². The lowest BCUT2D eigenvalue weighted by molar-refractivity contribution is 0.196. The van der Waals surface area contributed by atoms with E-state index in [-0.39, 0.29) is 0 Å². The smallest absolute Gasteiger partial charge is 0.309 e. The molecule has 0 aliphatic rings. The summed E-state index contributed by atoms with van der Waals surface area (Å²) >= 11 is 0. The molecule has 0 N–H and O–H groups in total. The summed E-state index contributed by atoms with van der Waals surface area (Å²) < 4.78 is 25.0. The van der Waals surface area contributed by atoms with Crippen molar-refractivity contribution < 1.29 is 13.6 Å². The molecule has 4 heteroatoms. The molecule has 0 spiro atoms. The van der Waals surface area contributed by atoms with Gasteiger partial charge in [0.2, 0.25) is 0 Å². The summed E-state index contributed by atoms with van der Waals surface area (Å²) in [4.78, 5) is 0. The van der Waals surface area contributed by atoms with Gasteiger partial charge in [0.25, 0.3) is 0 Å². The van der Waals surface area contributed by atoms with Crippen molar-refractivity contribution in [3.05, 3.63) is 0 Å². The molecule has 0 aromatic carbocycles. The van der Waals surface area contributed by atoms with E-state index in [0.717, 1.165) is 50.4 Å². The fourth-order valence-corrected chi connectivity index (χ4v) is 5.43. The fourth-order valence-electron chi connectivity index (χ4n) is 3.68. The van der Waals surface area contributed by atoms with Crippen LogP contribution < -0.4 is 0 Å². The first-order valence-electron chi connectivity index (χ1n) is 13.3. The Bertz CT molecular complexity index is 372. The van der Waals surface area contributed by atoms with Crippen molar-refractivity contribution in [1.29, 1.82) is 0 Å². The highest BCUT2D eigenvalue weighted by Gasteiger charge is 2.23. The van der Waals surface area contributed by atoms with Crippen LogP contribution in [0.3, 0.4) is 0 Å². The van der Waals surface area contributed by atoms with Crippen LogP contribution in [0.2, 0.25) is 0 Å². The molecule has 0 heterocycles. The molecule has 0 fully saturated rings. The van der Waals surface area contributed by atoms with Gasteiger partial charge in [0.15, 0.2) is 0 Å². The lowest BCUT2D eigenvalue weighted by atomic mass is 10.1. The third-order valence-corrected chi connectivity index (χ3v) is 7.73. The molecule has 0 radical (unpaired) electrons. The Kier molecular flexibility index (Phi) is 21.1. The van der Waals surface area contributed by atoms with Gasteiger partial charge in [-0.15, -0.1) is 0 Å². The minimum atomic E-state index is -2.92. The van der Waals surface area contributed by atoms with Crippen LogP contribution in [0.25, 0.3) is 0 Å². The predicted molar refractivity (Wildman–Crippen MR) is 134 cm³/mol. The average Bonchev–Trinajstić information content (AvgIpc) is 2.69. The van der Waals surface area contributed by atoms with Crippen LogP contribution in [0, 0.1) is 11.8 Å². The molecule has 0 saturated carbocycles. The van der Waals surface area contributed by atoms with Gasteiger partial charge < -0.3 is 9.05 Å². The third kappa shape index (κ3) is 21.4. The Labute approximate surface area is 190 Å². The molecule has 182 valence electrons. The summed E-state index contributed by atoms with van der Waals surface area (Å²) in [7, 11) is -2.92. The van der Waals surface area contributed by atoms with E-state index in [9.17, 15) is 4.57 Å². The van der Waals surface area contributed by atoms with Crippen LogP contribution >= 0.6 is 7.60 Å². The van der Waals surface area contributed by atoms with Crippen LogP contribution in [-0.2, 0) is 13.6 Å². The monoisotopic (exact) mass is 446 g/mol. The van der Waals surface area contributed by atoms with Crippen molar-refractivity contribution in [3.63, 3.8) is 0 Å². The maximum Gasteiger partial charge on any atom is 0.330 e. The quantitative estimate of drug-likeness (QED) is 0.116. The van der Waals surface area contributed by atoms with E-state index in [1.165, 1.54) is 64.2 Å². The first-order valence-corrected chi connectivity index (χ1v) is 15.0. The van der Waals surface area contributed by atoms with Gasteiger partial charge in [-0.25, -0.2) is 0 Å². The molecule has 0 unspecified atom stereocenters. The second kappa shape index (κ2) is 21.0. The van der Waals surface area contributed by atoms with E-state index in [2.05, 4.69) is 34.6 Å². The summed E-state index contributed by atoms with van der Waals surface area (Å²) in [6.07, 6.45) is 19.9. The van der Waals surface area contributed by atoms with E-state index in [4.69, 9.17) is 9.05 Å². The van der Waals surface area contributed by atoms with Crippen LogP contribution in [0.5, 0.6) is 0 Å². The Balaban J connectivity index is 4.11. The molecule has 0 aromatic heterocycles. The first kappa shape index (κ1) is 30.1. The van der Waals surface area contributed by atoms with Crippen molar-refractivity contribution in [1.82, 2.24) is 0 Å². The lowest BCUT2D eigenvalue weighted by Crippen LogP contribution is -2.04. The summed E-state index contributed by atoms with van der Waals surface area (Å²) in [5.41, 5.74) is 0. The first-order chi connectivity index (χ1) is 14.4. The van der Waals surface area contributed by atoms with Crippen LogP contribution in [0.15, 0.2) is 0 Å². The van der Waals surface area contributed by atoms with E-state index in [1.54, 1.807) is 0 Å². The molecule has 0 aliphatic heterocycles. The summed E-state index contributed by atoms with van der Waals surface area (Å²) in [6, 6.07) is 0. The molecule has 3 nitrogen and oxygen atoms in total. The van der Waals surface area contributed by atoms with Crippen molar-refractivity contribution in [2.45, 2.75) is 137 Å². The molecular weight excluding hydrogens is 391 g/mol. The van der Waals surface area contributed by atoms with E-state index in [0.29, 0.717) is 19.4 Å². The zero-order valence-corrected chi connectivity index (χ0v) is 22.2. The van der Waals surface area contributed by atoms with Crippen LogP contribution in [0.1, 0.15) is 137 Å². The van der Waals surface area contributed by atoms with Gasteiger partial charge in [-0.05, 0) is 31.1 Å². The SMILES string of the molecule is CCCCCCCCCCP(=O)(OCCCCCC(C)C)OCCCCCC(C)C. The molecule has 0 bridgehead atoms. The van der Waals surface area contributed by atoms with Crippen LogP contribution in [-0.4, -0.2) is 19.4 Å².